The Labute approximate surface area is 124 Å². The second kappa shape index (κ2) is 6.64. The molecule has 1 atom stereocenters. The van der Waals surface area contributed by atoms with Crippen LogP contribution in [0.1, 0.15) is 17.2 Å². The fourth-order valence-electron chi connectivity index (χ4n) is 2.09. The molecule has 0 saturated carbocycles. The lowest BCUT2D eigenvalue weighted by Gasteiger charge is -2.15. The molecule has 106 valence electrons. The first-order valence-corrected chi connectivity index (χ1v) is 6.73. The Morgan fingerprint density at radius 1 is 1.05 bits per heavy atom. The van der Waals surface area contributed by atoms with Crippen LogP contribution in [0.25, 0.3) is 0 Å². The topological polar surface area (TPSA) is 44.5 Å². The van der Waals surface area contributed by atoms with Gasteiger partial charge in [0.2, 0.25) is 0 Å². The van der Waals surface area contributed by atoms with Gasteiger partial charge in [-0.1, -0.05) is 29.8 Å². The van der Waals surface area contributed by atoms with Gasteiger partial charge < -0.3 is 15.2 Å². The molecule has 0 aliphatic heterocycles. The van der Waals surface area contributed by atoms with E-state index in [-0.39, 0.29) is 6.04 Å². The van der Waals surface area contributed by atoms with Crippen molar-refractivity contribution in [1.29, 1.82) is 0 Å². The molecule has 0 amide bonds. The van der Waals surface area contributed by atoms with E-state index in [9.17, 15) is 0 Å². The molecule has 0 spiro atoms. The molecular weight excluding hydrogens is 274 g/mol. The first-order valence-electron chi connectivity index (χ1n) is 6.36. The van der Waals surface area contributed by atoms with Gasteiger partial charge in [-0.05, 0) is 35.7 Å². The zero-order chi connectivity index (χ0) is 14.5. The van der Waals surface area contributed by atoms with E-state index < -0.39 is 0 Å². The average molecular weight is 292 g/mol. The first-order chi connectivity index (χ1) is 9.63. The zero-order valence-corrected chi connectivity index (χ0v) is 12.4. The van der Waals surface area contributed by atoms with Crippen LogP contribution in [0.15, 0.2) is 42.5 Å². The Morgan fingerprint density at radius 2 is 1.75 bits per heavy atom. The molecule has 0 radical (unpaired) electrons. The summed E-state index contributed by atoms with van der Waals surface area (Å²) in [5, 5.41) is 0.711. The van der Waals surface area contributed by atoms with Crippen LogP contribution in [-0.2, 0) is 6.42 Å². The SMILES string of the molecule is COc1ccc(CC(N)c2ccc(Cl)cc2)c(OC)c1. The molecule has 0 aliphatic carbocycles. The molecule has 0 bridgehead atoms. The second-order valence-corrected chi connectivity index (χ2v) is 4.98. The maximum atomic E-state index is 6.24. The lowest BCUT2D eigenvalue weighted by molar-refractivity contribution is 0.390. The highest BCUT2D eigenvalue weighted by molar-refractivity contribution is 6.30. The Balaban J connectivity index is 2.18. The molecule has 3 nitrogen and oxygen atoms in total. The number of nitrogens with two attached hydrogens (primary N) is 1. The number of methoxy groups -OCH3 is 2. The third-order valence-electron chi connectivity index (χ3n) is 3.23. The first kappa shape index (κ1) is 14.7. The molecule has 2 aromatic rings. The summed E-state index contributed by atoms with van der Waals surface area (Å²) in [4.78, 5) is 0. The molecule has 0 aromatic heterocycles. The lowest BCUT2D eigenvalue weighted by atomic mass is 9.99. The van der Waals surface area contributed by atoms with E-state index in [4.69, 9.17) is 26.8 Å². The fraction of sp³-hybridized carbons (Fsp3) is 0.250. The van der Waals surface area contributed by atoms with Gasteiger partial charge in [-0.15, -0.1) is 0 Å². The summed E-state index contributed by atoms with van der Waals surface area (Å²) < 4.78 is 10.6. The van der Waals surface area contributed by atoms with Crippen molar-refractivity contribution < 1.29 is 9.47 Å². The predicted octanol–water partition coefficient (Wildman–Crippen LogP) is 3.60. The number of benzene rings is 2. The third-order valence-corrected chi connectivity index (χ3v) is 3.48. The quantitative estimate of drug-likeness (QED) is 0.915. The smallest absolute Gasteiger partial charge is 0.125 e. The molecule has 20 heavy (non-hydrogen) atoms. The molecule has 0 heterocycles. The number of rotatable bonds is 5. The highest BCUT2D eigenvalue weighted by Crippen LogP contribution is 2.28. The van der Waals surface area contributed by atoms with Crippen molar-refractivity contribution in [3.63, 3.8) is 0 Å². The summed E-state index contributed by atoms with van der Waals surface area (Å²) in [6.07, 6.45) is 0.689. The Hall–Kier alpha value is -1.71. The van der Waals surface area contributed by atoms with Gasteiger partial charge in [0, 0.05) is 17.1 Å². The summed E-state index contributed by atoms with van der Waals surface area (Å²) >= 11 is 5.88. The Bertz CT molecular complexity index is 569. The van der Waals surface area contributed by atoms with Crippen molar-refractivity contribution in [1.82, 2.24) is 0 Å². The zero-order valence-electron chi connectivity index (χ0n) is 11.6. The highest BCUT2D eigenvalue weighted by Gasteiger charge is 2.11. The van der Waals surface area contributed by atoms with E-state index in [1.54, 1.807) is 14.2 Å². The van der Waals surface area contributed by atoms with Gasteiger partial charge in [-0.25, -0.2) is 0 Å². The normalized spacial score (nSPS) is 12.0. The van der Waals surface area contributed by atoms with Gasteiger partial charge in [-0.3, -0.25) is 0 Å². The van der Waals surface area contributed by atoms with Crippen molar-refractivity contribution in [2.45, 2.75) is 12.5 Å². The molecule has 0 fully saturated rings. The number of ether oxygens (including phenoxy) is 2. The number of halogens is 1. The number of hydrogen-bond donors (Lipinski definition) is 1. The Morgan fingerprint density at radius 3 is 2.35 bits per heavy atom. The largest absolute Gasteiger partial charge is 0.497 e. The molecule has 2 aromatic carbocycles. The van der Waals surface area contributed by atoms with Crippen LogP contribution in [0.3, 0.4) is 0 Å². The highest BCUT2D eigenvalue weighted by atomic mass is 35.5. The van der Waals surface area contributed by atoms with Crippen LogP contribution >= 0.6 is 11.6 Å². The second-order valence-electron chi connectivity index (χ2n) is 4.54. The Kier molecular flexibility index (Phi) is 4.88. The van der Waals surface area contributed by atoms with Gasteiger partial charge >= 0.3 is 0 Å². The maximum Gasteiger partial charge on any atom is 0.125 e. The van der Waals surface area contributed by atoms with Crippen molar-refractivity contribution >= 4 is 11.6 Å². The van der Waals surface area contributed by atoms with Gasteiger partial charge in [0.15, 0.2) is 0 Å². The summed E-state index contributed by atoms with van der Waals surface area (Å²) in [5.74, 6) is 1.56. The summed E-state index contributed by atoms with van der Waals surface area (Å²) in [6.45, 7) is 0. The van der Waals surface area contributed by atoms with Crippen LogP contribution in [0.5, 0.6) is 11.5 Å². The van der Waals surface area contributed by atoms with Crippen molar-refractivity contribution in [2.75, 3.05) is 14.2 Å². The van der Waals surface area contributed by atoms with Crippen LogP contribution < -0.4 is 15.2 Å². The van der Waals surface area contributed by atoms with Gasteiger partial charge in [0.05, 0.1) is 14.2 Å². The predicted molar refractivity (Wildman–Crippen MR) is 81.6 cm³/mol. The van der Waals surface area contributed by atoms with Crippen LogP contribution in [-0.4, -0.2) is 14.2 Å². The standard InChI is InChI=1S/C16H18ClNO2/c1-19-14-8-5-12(16(10-14)20-2)9-15(18)11-3-6-13(17)7-4-11/h3-8,10,15H,9,18H2,1-2H3. The van der Waals surface area contributed by atoms with E-state index >= 15 is 0 Å². The van der Waals surface area contributed by atoms with E-state index in [0.29, 0.717) is 11.4 Å². The molecule has 4 heteroatoms. The maximum absolute atomic E-state index is 6.24. The minimum atomic E-state index is -0.102. The summed E-state index contributed by atoms with van der Waals surface area (Å²) in [6, 6.07) is 13.2. The van der Waals surface area contributed by atoms with Crippen LogP contribution in [0.2, 0.25) is 5.02 Å². The van der Waals surface area contributed by atoms with E-state index in [1.807, 2.05) is 42.5 Å². The summed E-state index contributed by atoms with van der Waals surface area (Å²) in [5.41, 5.74) is 8.34. The minimum Gasteiger partial charge on any atom is -0.497 e. The van der Waals surface area contributed by atoms with Gasteiger partial charge in [-0.2, -0.15) is 0 Å². The molecule has 2 rings (SSSR count). The van der Waals surface area contributed by atoms with Crippen molar-refractivity contribution in [3.8, 4) is 11.5 Å². The van der Waals surface area contributed by atoms with Crippen molar-refractivity contribution in [3.05, 3.63) is 58.6 Å². The van der Waals surface area contributed by atoms with Crippen LogP contribution in [0, 0.1) is 0 Å². The van der Waals surface area contributed by atoms with E-state index in [0.717, 1.165) is 22.6 Å². The third kappa shape index (κ3) is 3.44. The minimum absolute atomic E-state index is 0.102. The van der Waals surface area contributed by atoms with Crippen molar-refractivity contribution in [2.24, 2.45) is 5.73 Å². The lowest BCUT2D eigenvalue weighted by Crippen LogP contribution is -2.13. The molecular formula is C16H18ClNO2. The monoisotopic (exact) mass is 291 g/mol. The molecule has 2 N–H and O–H groups in total. The van der Waals surface area contributed by atoms with Gasteiger partial charge in [0.1, 0.15) is 11.5 Å². The molecule has 0 aliphatic rings. The van der Waals surface area contributed by atoms with Crippen LogP contribution in [0.4, 0.5) is 0 Å². The van der Waals surface area contributed by atoms with E-state index in [1.165, 1.54) is 0 Å². The summed E-state index contributed by atoms with van der Waals surface area (Å²) in [7, 11) is 3.28. The molecule has 0 saturated heterocycles. The fourth-order valence-corrected chi connectivity index (χ4v) is 2.21. The van der Waals surface area contributed by atoms with E-state index in [2.05, 4.69) is 0 Å². The van der Waals surface area contributed by atoms with Gasteiger partial charge in [0.25, 0.3) is 0 Å². The average Bonchev–Trinajstić information content (AvgIpc) is 2.48. The number of hydrogen-bond acceptors (Lipinski definition) is 3. The molecule has 1 unspecified atom stereocenters.